The minimum atomic E-state index is -4.35. The Labute approximate surface area is 103 Å². The zero-order chi connectivity index (χ0) is 13.2. The molecule has 0 aliphatic carbocycles. The lowest BCUT2D eigenvalue weighted by molar-refractivity contribution is -0.137. The van der Waals surface area contributed by atoms with E-state index in [-0.39, 0.29) is 11.6 Å². The van der Waals surface area contributed by atoms with Crippen molar-refractivity contribution in [1.82, 2.24) is 4.98 Å². The number of benzene rings is 1. The van der Waals surface area contributed by atoms with E-state index in [4.69, 9.17) is 12.6 Å². The van der Waals surface area contributed by atoms with Crippen molar-refractivity contribution in [2.24, 2.45) is 0 Å². The van der Waals surface area contributed by atoms with Gasteiger partial charge < -0.3 is 4.74 Å². The summed E-state index contributed by atoms with van der Waals surface area (Å²) in [6, 6.07) is 7.50. The molecule has 2 rings (SSSR count). The fourth-order valence-electron chi connectivity index (χ4n) is 1.28. The van der Waals surface area contributed by atoms with E-state index in [2.05, 4.69) is 4.98 Å². The van der Waals surface area contributed by atoms with Gasteiger partial charge in [-0.1, -0.05) is 11.5 Å². The van der Waals surface area contributed by atoms with Gasteiger partial charge in [0.25, 0.3) is 0 Å². The lowest BCUT2D eigenvalue weighted by atomic mass is 9.99. The molecule has 1 aromatic carbocycles. The maximum atomic E-state index is 12.3. The van der Waals surface area contributed by atoms with Gasteiger partial charge in [-0.25, -0.2) is 4.98 Å². The first-order chi connectivity index (χ1) is 8.45. The molecule has 0 spiro atoms. The number of aromatic nitrogens is 1. The molecule has 0 bridgehead atoms. The first-order valence-electron chi connectivity index (χ1n) is 5.02. The van der Waals surface area contributed by atoms with Crippen LogP contribution in [0.1, 0.15) is 5.56 Å². The van der Waals surface area contributed by atoms with E-state index < -0.39 is 11.7 Å². The van der Waals surface area contributed by atoms with Crippen LogP contribution in [0.5, 0.6) is 11.6 Å². The van der Waals surface area contributed by atoms with E-state index in [1.165, 1.54) is 24.4 Å². The number of halogens is 3. The van der Waals surface area contributed by atoms with Crippen molar-refractivity contribution < 1.29 is 17.9 Å². The Bertz CT molecular complexity index is 523. The lowest BCUT2D eigenvalue weighted by Gasteiger charge is -2.08. The molecule has 1 aromatic heterocycles. The fraction of sp³-hybridized carbons (Fsp3) is 0.0833. The third-order valence-electron chi connectivity index (χ3n) is 2.16. The molecule has 2 nitrogen and oxygen atoms in total. The summed E-state index contributed by atoms with van der Waals surface area (Å²) in [5, 5.41) is 0. The van der Waals surface area contributed by atoms with Crippen LogP contribution in [0, 0.1) is 0 Å². The van der Waals surface area contributed by atoms with Gasteiger partial charge in [0.2, 0.25) is 5.88 Å². The lowest BCUT2D eigenvalue weighted by Crippen LogP contribution is -2.04. The standard InChI is InChI=1S/C12H7BF3NO/c13-9-3-6-11(17-7-9)18-10-4-1-8(2-5-10)12(14,15)16/h1-7H. The average molecular weight is 249 g/mol. The number of hydrogen-bond acceptors (Lipinski definition) is 2. The highest BCUT2D eigenvalue weighted by Crippen LogP contribution is 2.30. The predicted octanol–water partition coefficient (Wildman–Crippen LogP) is 2.69. The molecule has 0 unspecified atom stereocenters. The Balaban J connectivity index is 2.13. The molecule has 0 saturated carbocycles. The monoisotopic (exact) mass is 249 g/mol. The smallest absolute Gasteiger partial charge is 0.416 e. The molecular formula is C12H7BF3NO. The van der Waals surface area contributed by atoms with Crippen molar-refractivity contribution in [3.05, 3.63) is 48.2 Å². The summed E-state index contributed by atoms with van der Waals surface area (Å²) in [5.74, 6) is 0.546. The number of pyridine rings is 1. The van der Waals surface area contributed by atoms with Crippen LogP contribution in [0.3, 0.4) is 0 Å². The van der Waals surface area contributed by atoms with Crippen LogP contribution in [0.2, 0.25) is 0 Å². The van der Waals surface area contributed by atoms with Crippen molar-refractivity contribution in [3.8, 4) is 11.6 Å². The van der Waals surface area contributed by atoms with Crippen molar-refractivity contribution >= 4 is 13.3 Å². The van der Waals surface area contributed by atoms with Gasteiger partial charge >= 0.3 is 6.18 Å². The number of alkyl halides is 3. The molecule has 2 aromatic rings. The van der Waals surface area contributed by atoms with E-state index in [1.54, 1.807) is 6.07 Å². The van der Waals surface area contributed by atoms with E-state index in [0.29, 0.717) is 5.46 Å². The van der Waals surface area contributed by atoms with Crippen LogP contribution in [0.4, 0.5) is 13.2 Å². The Morgan fingerprint density at radius 2 is 1.67 bits per heavy atom. The van der Waals surface area contributed by atoms with Crippen molar-refractivity contribution in [2.75, 3.05) is 0 Å². The van der Waals surface area contributed by atoms with Crippen LogP contribution >= 0.6 is 0 Å². The van der Waals surface area contributed by atoms with Gasteiger partial charge in [0, 0.05) is 12.3 Å². The largest absolute Gasteiger partial charge is 0.439 e. The van der Waals surface area contributed by atoms with E-state index >= 15 is 0 Å². The quantitative estimate of drug-likeness (QED) is 0.763. The van der Waals surface area contributed by atoms with Crippen molar-refractivity contribution in [1.29, 1.82) is 0 Å². The Morgan fingerprint density at radius 3 is 2.17 bits per heavy atom. The van der Waals surface area contributed by atoms with Gasteiger partial charge in [-0.05, 0) is 24.3 Å². The van der Waals surface area contributed by atoms with E-state index in [9.17, 15) is 13.2 Å². The molecule has 0 N–H and O–H groups in total. The molecule has 1 heterocycles. The van der Waals surface area contributed by atoms with Gasteiger partial charge in [0.05, 0.1) is 5.56 Å². The highest BCUT2D eigenvalue weighted by Gasteiger charge is 2.30. The zero-order valence-electron chi connectivity index (χ0n) is 9.11. The van der Waals surface area contributed by atoms with Crippen LogP contribution in [-0.2, 0) is 6.18 Å². The second-order valence-corrected chi connectivity index (χ2v) is 3.55. The third-order valence-corrected chi connectivity index (χ3v) is 2.16. The molecule has 0 aliphatic rings. The van der Waals surface area contributed by atoms with Crippen LogP contribution in [0.15, 0.2) is 42.6 Å². The summed E-state index contributed by atoms with van der Waals surface area (Å²) in [4.78, 5) is 3.88. The third kappa shape index (κ3) is 3.03. The molecule has 0 atom stereocenters. The summed E-state index contributed by atoms with van der Waals surface area (Å²) >= 11 is 0. The molecule has 0 fully saturated rings. The number of hydrogen-bond donors (Lipinski definition) is 0. The molecule has 2 radical (unpaired) electrons. The molecule has 6 heteroatoms. The average Bonchev–Trinajstić information content (AvgIpc) is 2.32. The first kappa shape index (κ1) is 12.5. The second-order valence-electron chi connectivity index (χ2n) is 3.55. The van der Waals surface area contributed by atoms with Crippen molar-refractivity contribution in [3.63, 3.8) is 0 Å². The van der Waals surface area contributed by atoms with Crippen LogP contribution in [-0.4, -0.2) is 12.8 Å². The van der Waals surface area contributed by atoms with E-state index in [0.717, 1.165) is 12.1 Å². The van der Waals surface area contributed by atoms with Crippen LogP contribution in [0.25, 0.3) is 0 Å². The van der Waals surface area contributed by atoms with E-state index in [1.807, 2.05) is 0 Å². The zero-order valence-corrected chi connectivity index (χ0v) is 9.11. The van der Waals surface area contributed by atoms with Crippen LogP contribution < -0.4 is 10.2 Å². The molecule has 18 heavy (non-hydrogen) atoms. The van der Waals surface area contributed by atoms with Gasteiger partial charge in [-0.3, -0.25) is 0 Å². The highest BCUT2D eigenvalue weighted by molar-refractivity contribution is 6.32. The highest BCUT2D eigenvalue weighted by atomic mass is 19.4. The molecule has 0 saturated heterocycles. The minimum Gasteiger partial charge on any atom is -0.439 e. The Morgan fingerprint density at radius 1 is 1.00 bits per heavy atom. The van der Waals surface area contributed by atoms with Gasteiger partial charge in [-0.15, -0.1) is 0 Å². The molecule has 0 amide bonds. The number of nitrogens with zero attached hydrogens (tertiary/aromatic N) is 1. The normalized spacial score (nSPS) is 11.3. The summed E-state index contributed by atoms with van der Waals surface area (Å²) in [6.07, 6.45) is -2.95. The maximum Gasteiger partial charge on any atom is 0.416 e. The molecule has 90 valence electrons. The fourth-order valence-corrected chi connectivity index (χ4v) is 1.28. The Kier molecular flexibility index (Phi) is 3.27. The summed E-state index contributed by atoms with van der Waals surface area (Å²) in [6.45, 7) is 0. The van der Waals surface area contributed by atoms with Gasteiger partial charge in [0.1, 0.15) is 13.6 Å². The predicted molar refractivity (Wildman–Crippen MR) is 61.1 cm³/mol. The second kappa shape index (κ2) is 4.72. The Hall–Kier alpha value is -1.98. The molecule has 0 aliphatic heterocycles. The SMILES string of the molecule is [B]c1ccc(Oc2ccc(C(F)(F)F)cc2)nc1. The summed E-state index contributed by atoms with van der Waals surface area (Å²) in [7, 11) is 5.44. The number of rotatable bonds is 2. The minimum absolute atomic E-state index is 0.268. The maximum absolute atomic E-state index is 12.3. The van der Waals surface area contributed by atoms with Gasteiger partial charge in [0.15, 0.2) is 0 Å². The van der Waals surface area contributed by atoms with Gasteiger partial charge in [-0.2, -0.15) is 13.2 Å². The topological polar surface area (TPSA) is 22.1 Å². The molecular weight excluding hydrogens is 242 g/mol. The van der Waals surface area contributed by atoms with Crippen molar-refractivity contribution in [2.45, 2.75) is 6.18 Å². The summed E-state index contributed by atoms with van der Waals surface area (Å²) < 4.78 is 42.2. The summed E-state index contributed by atoms with van der Waals surface area (Å²) in [5.41, 5.74) is -0.241. The first-order valence-corrected chi connectivity index (χ1v) is 5.02. The number of ether oxygens (including phenoxy) is 1.